The van der Waals surface area contributed by atoms with Crippen molar-refractivity contribution in [2.24, 2.45) is 0 Å². The molecule has 0 saturated carbocycles. The van der Waals surface area contributed by atoms with Crippen molar-refractivity contribution in [3.05, 3.63) is 0 Å². The van der Waals surface area contributed by atoms with Crippen molar-refractivity contribution in [3.8, 4) is 0 Å². The molecule has 4 atom stereocenters. The molecule has 1 fully saturated rings. The van der Waals surface area contributed by atoms with Crippen molar-refractivity contribution in [2.45, 2.75) is 52.3 Å². The highest BCUT2D eigenvalue weighted by molar-refractivity contribution is 4.86. The average molecular weight is 262 g/mol. The molecule has 5 heteroatoms. The lowest BCUT2D eigenvalue weighted by molar-refractivity contribution is -0.291. The lowest BCUT2D eigenvalue weighted by Crippen LogP contribution is -2.57. The smallest absolute Gasteiger partial charge is 0.186 e. The summed E-state index contributed by atoms with van der Waals surface area (Å²) < 4.78 is 28.4. The third-order valence-corrected chi connectivity index (χ3v) is 2.81. The first-order chi connectivity index (χ1) is 8.78. The fraction of sp³-hybridized carbons (Fsp3) is 1.00. The van der Waals surface area contributed by atoms with Crippen LogP contribution < -0.4 is 0 Å². The third-order valence-electron chi connectivity index (χ3n) is 2.81. The quantitative estimate of drug-likeness (QED) is 0.665. The zero-order chi connectivity index (χ0) is 13.4. The lowest BCUT2D eigenvalue weighted by Gasteiger charge is -2.41. The second-order valence-electron chi connectivity index (χ2n) is 3.99. The van der Waals surface area contributed by atoms with Crippen LogP contribution in [0.4, 0.5) is 0 Å². The minimum atomic E-state index is -0.372. The van der Waals surface area contributed by atoms with E-state index >= 15 is 0 Å². The number of ether oxygens (including phenoxy) is 5. The van der Waals surface area contributed by atoms with Crippen LogP contribution in [-0.4, -0.2) is 57.6 Å². The number of rotatable bonds is 8. The fourth-order valence-electron chi connectivity index (χ4n) is 2.17. The summed E-state index contributed by atoms with van der Waals surface area (Å²) in [5, 5.41) is 0. The molecule has 1 aliphatic rings. The average Bonchev–Trinajstić information content (AvgIpc) is 2.37. The van der Waals surface area contributed by atoms with E-state index in [1.165, 1.54) is 0 Å². The van der Waals surface area contributed by atoms with Crippen LogP contribution >= 0.6 is 0 Å². The molecule has 5 nitrogen and oxygen atoms in total. The van der Waals surface area contributed by atoms with Crippen LogP contribution in [0.15, 0.2) is 0 Å². The SMILES string of the molecule is CCO[C@@H]1OC[C@@H](OCC)[C@@H](OCC)[C@@H]1OCC. The maximum atomic E-state index is 5.78. The molecule has 1 heterocycles. The maximum Gasteiger partial charge on any atom is 0.186 e. The second kappa shape index (κ2) is 8.82. The Kier molecular flexibility index (Phi) is 7.77. The molecule has 1 aliphatic heterocycles. The van der Waals surface area contributed by atoms with E-state index in [9.17, 15) is 0 Å². The van der Waals surface area contributed by atoms with Gasteiger partial charge >= 0.3 is 0 Å². The maximum absolute atomic E-state index is 5.78. The van der Waals surface area contributed by atoms with Crippen LogP contribution in [0.5, 0.6) is 0 Å². The van der Waals surface area contributed by atoms with Gasteiger partial charge in [0.15, 0.2) is 6.29 Å². The highest BCUT2D eigenvalue weighted by Gasteiger charge is 2.42. The zero-order valence-corrected chi connectivity index (χ0v) is 11.9. The Bertz CT molecular complexity index is 190. The summed E-state index contributed by atoms with van der Waals surface area (Å²) in [6.07, 6.45) is -0.841. The van der Waals surface area contributed by atoms with Gasteiger partial charge in [-0.05, 0) is 27.7 Å². The summed E-state index contributed by atoms with van der Waals surface area (Å²) >= 11 is 0. The Morgan fingerprint density at radius 3 is 1.89 bits per heavy atom. The van der Waals surface area contributed by atoms with Gasteiger partial charge in [-0.25, -0.2) is 0 Å². The minimum absolute atomic E-state index is 0.0943. The van der Waals surface area contributed by atoms with Crippen molar-refractivity contribution in [3.63, 3.8) is 0 Å². The number of hydrogen-bond donors (Lipinski definition) is 0. The Morgan fingerprint density at radius 2 is 1.33 bits per heavy atom. The molecule has 1 saturated heterocycles. The van der Waals surface area contributed by atoms with Crippen molar-refractivity contribution in [2.75, 3.05) is 33.0 Å². The molecule has 0 aliphatic carbocycles. The normalized spacial score (nSPS) is 32.7. The molecular formula is C13H26O5. The molecule has 0 aromatic rings. The van der Waals surface area contributed by atoms with Crippen LogP contribution in [0.1, 0.15) is 27.7 Å². The number of hydrogen-bond acceptors (Lipinski definition) is 5. The zero-order valence-electron chi connectivity index (χ0n) is 11.9. The predicted octanol–water partition coefficient (Wildman–Crippen LogP) is 1.59. The molecule has 1 rings (SSSR count). The molecule has 18 heavy (non-hydrogen) atoms. The first kappa shape index (κ1) is 15.9. The monoisotopic (exact) mass is 262 g/mol. The molecule has 0 bridgehead atoms. The first-order valence-electron chi connectivity index (χ1n) is 6.86. The van der Waals surface area contributed by atoms with E-state index in [1.807, 2.05) is 27.7 Å². The molecular weight excluding hydrogens is 236 g/mol. The van der Waals surface area contributed by atoms with Gasteiger partial charge in [0.25, 0.3) is 0 Å². The standard InChI is InChI=1S/C13H26O5/c1-5-14-10-9-18-13(17-8-4)12(16-7-3)11(10)15-6-2/h10-13H,5-9H2,1-4H3/t10-,11-,12+,13-/m1/s1. The Balaban J connectivity index is 2.72. The van der Waals surface area contributed by atoms with Crippen LogP contribution in [0.2, 0.25) is 0 Å². The van der Waals surface area contributed by atoms with Gasteiger partial charge < -0.3 is 23.7 Å². The summed E-state index contributed by atoms with van der Waals surface area (Å²) in [6.45, 7) is 10.8. The van der Waals surface area contributed by atoms with Gasteiger partial charge in [0.05, 0.1) is 6.61 Å². The minimum Gasteiger partial charge on any atom is -0.373 e. The summed E-state index contributed by atoms with van der Waals surface area (Å²) in [5.41, 5.74) is 0. The van der Waals surface area contributed by atoms with Gasteiger partial charge in [0.1, 0.15) is 18.3 Å². The molecule has 0 spiro atoms. The van der Waals surface area contributed by atoms with E-state index in [4.69, 9.17) is 23.7 Å². The van der Waals surface area contributed by atoms with Gasteiger partial charge in [-0.3, -0.25) is 0 Å². The van der Waals surface area contributed by atoms with Crippen LogP contribution in [0.25, 0.3) is 0 Å². The van der Waals surface area contributed by atoms with Crippen molar-refractivity contribution in [1.29, 1.82) is 0 Å². The van der Waals surface area contributed by atoms with Crippen molar-refractivity contribution >= 4 is 0 Å². The van der Waals surface area contributed by atoms with Crippen molar-refractivity contribution in [1.82, 2.24) is 0 Å². The predicted molar refractivity (Wildman–Crippen MR) is 67.6 cm³/mol. The highest BCUT2D eigenvalue weighted by atomic mass is 16.7. The largest absolute Gasteiger partial charge is 0.373 e. The Morgan fingerprint density at radius 1 is 0.778 bits per heavy atom. The Hall–Kier alpha value is -0.200. The molecule has 0 radical (unpaired) electrons. The lowest BCUT2D eigenvalue weighted by atomic mass is 10.0. The molecule has 0 amide bonds. The van der Waals surface area contributed by atoms with Gasteiger partial charge in [-0.1, -0.05) is 0 Å². The van der Waals surface area contributed by atoms with E-state index < -0.39 is 0 Å². The highest BCUT2D eigenvalue weighted by Crippen LogP contribution is 2.24. The van der Waals surface area contributed by atoms with Crippen molar-refractivity contribution < 1.29 is 23.7 Å². The molecule has 0 N–H and O–H groups in total. The van der Waals surface area contributed by atoms with Gasteiger partial charge in [-0.2, -0.15) is 0 Å². The Labute approximate surface area is 110 Å². The summed E-state index contributed by atoms with van der Waals surface area (Å²) in [5.74, 6) is 0. The van der Waals surface area contributed by atoms with E-state index in [0.717, 1.165) is 0 Å². The van der Waals surface area contributed by atoms with Gasteiger partial charge in [-0.15, -0.1) is 0 Å². The van der Waals surface area contributed by atoms with E-state index in [1.54, 1.807) is 0 Å². The van der Waals surface area contributed by atoms with Crippen LogP contribution in [0.3, 0.4) is 0 Å². The molecule has 0 aromatic carbocycles. The third kappa shape index (κ3) is 4.17. The van der Waals surface area contributed by atoms with Crippen LogP contribution in [-0.2, 0) is 23.7 Å². The fourth-order valence-corrected chi connectivity index (χ4v) is 2.17. The van der Waals surface area contributed by atoms with Crippen LogP contribution in [0, 0.1) is 0 Å². The summed E-state index contributed by atoms with van der Waals surface area (Å²) in [7, 11) is 0. The topological polar surface area (TPSA) is 46.2 Å². The van der Waals surface area contributed by atoms with E-state index in [2.05, 4.69) is 0 Å². The summed E-state index contributed by atoms with van der Waals surface area (Å²) in [4.78, 5) is 0. The van der Waals surface area contributed by atoms with Gasteiger partial charge in [0, 0.05) is 26.4 Å². The van der Waals surface area contributed by atoms with E-state index in [-0.39, 0.29) is 24.6 Å². The molecule has 0 unspecified atom stereocenters. The van der Waals surface area contributed by atoms with Gasteiger partial charge in [0.2, 0.25) is 0 Å². The van der Waals surface area contributed by atoms with E-state index in [0.29, 0.717) is 33.0 Å². The summed E-state index contributed by atoms with van der Waals surface area (Å²) in [6, 6.07) is 0. The molecule has 0 aromatic heterocycles. The molecule has 108 valence electrons. The first-order valence-corrected chi connectivity index (χ1v) is 6.86. The second-order valence-corrected chi connectivity index (χ2v) is 3.99.